The zero-order chi connectivity index (χ0) is 27.1. The van der Waals surface area contributed by atoms with Crippen molar-refractivity contribution in [2.75, 3.05) is 0 Å². The summed E-state index contributed by atoms with van der Waals surface area (Å²) in [6, 6.07) is 6.40. The topological polar surface area (TPSA) is 91.8 Å². The molecule has 2 bridgehead atoms. The summed E-state index contributed by atoms with van der Waals surface area (Å²) in [5.74, 6) is -0.742. The number of aromatic nitrogens is 1. The zero-order valence-electron chi connectivity index (χ0n) is 23.3. The van der Waals surface area contributed by atoms with E-state index in [0.29, 0.717) is 24.3 Å². The lowest BCUT2D eigenvalue weighted by atomic mass is 9.42. The van der Waals surface area contributed by atoms with E-state index in [2.05, 4.69) is 37.0 Å². The second kappa shape index (κ2) is 7.08. The Bertz CT molecular complexity index is 1460. The zero-order valence-corrected chi connectivity index (χ0v) is 23.3. The van der Waals surface area contributed by atoms with Gasteiger partial charge >= 0.3 is 0 Å². The summed E-state index contributed by atoms with van der Waals surface area (Å²) in [6.07, 6.45) is 8.61. The standard InChI is InChI=1S/C32H39NO5/c1-27(2,35)11-9-18-7-8-22-20(15-18)21-16-19-10-12-31(36)24-17-23(34)26-28(3,4)38-32(24,37-26)14-13-29(31,5)30(19,6)25(21)33-22/h7-9,11,15,17,19,26,33,35-36H,10,12-14,16H2,1-6H3/b11-9+/t19?,26-,29+,30+,31+,32-/m0/s1. The molecule has 3 fully saturated rings. The van der Waals surface area contributed by atoms with Crippen molar-refractivity contribution >= 4 is 22.8 Å². The molecule has 2 aromatic rings. The number of ketones is 1. The van der Waals surface area contributed by atoms with Gasteiger partial charge in [-0.1, -0.05) is 32.1 Å². The molecule has 1 saturated heterocycles. The highest BCUT2D eigenvalue weighted by atomic mass is 16.8. The molecule has 0 amide bonds. The molecular formula is C32H39NO5. The summed E-state index contributed by atoms with van der Waals surface area (Å²) in [4.78, 5) is 17.0. The van der Waals surface area contributed by atoms with Gasteiger partial charge in [-0.15, -0.1) is 0 Å². The Morgan fingerprint density at radius 3 is 2.63 bits per heavy atom. The Balaban J connectivity index is 1.35. The lowest BCUT2D eigenvalue weighted by Crippen LogP contribution is -2.69. The highest BCUT2D eigenvalue weighted by Crippen LogP contribution is 2.71. The number of carbonyl (C=O) groups excluding carboxylic acids is 1. The molecule has 7 rings (SSSR count). The van der Waals surface area contributed by atoms with Crippen LogP contribution in [-0.4, -0.2) is 49.7 Å². The quantitative estimate of drug-likeness (QED) is 0.515. The fourth-order valence-corrected chi connectivity index (χ4v) is 8.86. The number of nitrogens with one attached hydrogen (secondary N) is 1. The third kappa shape index (κ3) is 2.85. The Labute approximate surface area is 224 Å². The Hall–Kier alpha value is -2.25. The number of benzene rings is 1. The molecule has 3 N–H and O–H groups in total. The third-order valence-electron chi connectivity index (χ3n) is 11.0. The van der Waals surface area contributed by atoms with Crippen molar-refractivity contribution in [3.05, 3.63) is 52.7 Å². The first-order valence-electron chi connectivity index (χ1n) is 14.1. The molecule has 3 aliphatic carbocycles. The van der Waals surface area contributed by atoms with E-state index in [1.807, 2.05) is 26.0 Å². The minimum absolute atomic E-state index is 0.104. The molecule has 6 nitrogen and oxygen atoms in total. The summed E-state index contributed by atoms with van der Waals surface area (Å²) >= 11 is 0. The van der Waals surface area contributed by atoms with E-state index < -0.39 is 34.1 Å². The van der Waals surface area contributed by atoms with Gasteiger partial charge in [0.15, 0.2) is 17.7 Å². The summed E-state index contributed by atoms with van der Waals surface area (Å²) in [6.45, 7) is 11.9. The van der Waals surface area contributed by atoms with Crippen LogP contribution in [0.4, 0.5) is 0 Å². The Morgan fingerprint density at radius 1 is 1.13 bits per heavy atom. The number of hydrogen-bond donors (Lipinski definition) is 3. The van der Waals surface area contributed by atoms with E-state index in [-0.39, 0.29) is 11.2 Å². The minimum atomic E-state index is -1.21. The maximum atomic E-state index is 13.2. The van der Waals surface area contributed by atoms with Gasteiger partial charge in [0, 0.05) is 39.4 Å². The monoisotopic (exact) mass is 517 g/mol. The molecule has 6 heteroatoms. The Kier molecular flexibility index (Phi) is 4.62. The number of hydrogen-bond acceptors (Lipinski definition) is 5. The lowest BCUT2D eigenvalue weighted by Gasteiger charge is -2.65. The molecule has 202 valence electrons. The van der Waals surface area contributed by atoms with Crippen LogP contribution >= 0.6 is 0 Å². The van der Waals surface area contributed by atoms with Crippen molar-refractivity contribution < 1.29 is 24.5 Å². The van der Waals surface area contributed by atoms with Crippen LogP contribution in [0.1, 0.15) is 84.0 Å². The molecule has 2 saturated carbocycles. The highest BCUT2D eigenvalue weighted by molar-refractivity contribution is 5.97. The molecule has 1 aromatic carbocycles. The summed E-state index contributed by atoms with van der Waals surface area (Å²) in [5.41, 5.74) is 1.71. The van der Waals surface area contributed by atoms with Crippen LogP contribution in [0.25, 0.3) is 17.0 Å². The molecule has 1 aromatic heterocycles. The number of rotatable bonds is 2. The van der Waals surface area contributed by atoms with Gasteiger partial charge in [0.25, 0.3) is 0 Å². The van der Waals surface area contributed by atoms with E-state index in [9.17, 15) is 15.0 Å². The second-order valence-corrected chi connectivity index (χ2v) is 14.0. The SMILES string of the molecule is CC(C)(O)/C=C/c1ccc2[nH]c3c(c2c1)CC1CC[C@@]2(O)C4=CC(=O)[C@@H]5O[C@@]4(CC[C@]2(C)[C@@]31C)OC5(C)C. The Morgan fingerprint density at radius 2 is 1.89 bits per heavy atom. The molecule has 38 heavy (non-hydrogen) atoms. The first kappa shape index (κ1) is 24.8. The molecule has 1 spiro atoms. The predicted octanol–water partition coefficient (Wildman–Crippen LogP) is 5.11. The van der Waals surface area contributed by atoms with Gasteiger partial charge in [-0.05, 0) is 88.6 Å². The number of aromatic amines is 1. The fourth-order valence-electron chi connectivity index (χ4n) is 8.86. The lowest BCUT2D eigenvalue weighted by molar-refractivity contribution is -0.247. The number of fused-ring (bicyclic) bond motifs is 9. The van der Waals surface area contributed by atoms with Gasteiger partial charge in [-0.25, -0.2) is 0 Å². The van der Waals surface area contributed by atoms with Crippen molar-refractivity contribution in [2.45, 2.75) is 108 Å². The van der Waals surface area contributed by atoms with Crippen LogP contribution in [0.3, 0.4) is 0 Å². The summed E-state index contributed by atoms with van der Waals surface area (Å²) in [5, 5.41) is 24.1. The van der Waals surface area contributed by atoms with E-state index in [4.69, 9.17) is 9.47 Å². The van der Waals surface area contributed by atoms with Crippen molar-refractivity contribution in [3.63, 3.8) is 0 Å². The average Bonchev–Trinajstić information content (AvgIpc) is 3.41. The van der Waals surface area contributed by atoms with Crippen molar-refractivity contribution in [2.24, 2.45) is 11.3 Å². The van der Waals surface area contributed by atoms with E-state index in [1.165, 1.54) is 16.6 Å². The number of ether oxygens (including phenoxy) is 2. The van der Waals surface area contributed by atoms with E-state index >= 15 is 0 Å². The molecule has 5 aliphatic rings. The van der Waals surface area contributed by atoms with Crippen molar-refractivity contribution in [1.82, 2.24) is 4.98 Å². The van der Waals surface area contributed by atoms with E-state index in [0.717, 1.165) is 30.3 Å². The van der Waals surface area contributed by atoms with Gasteiger partial charge < -0.3 is 24.7 Å². The smallest absolute Gasteiger partial charge is 0.195 e. The third-order valence-corrected chi connectivity index (χ3v) is 11.0. The molecule has 2 aliphatic heterocycles. The van der Waals surface area contributed by atoms with Crippen LogP contribution < -0.4 is 0 Å². The summed E-state index contributed by atoms with van der Waals surface area (Å²) < 4.78 is 12.9. The fraction of sp³-hybridized carbons (Fsp3) is 0.594. The largest absolute Gasteiger partial charge is 0.386 e. The molecule has 6 atom stereocenters. The van der Waals surface area contributed by atoms with Gasteiger partial charge in [-0.2, -0.15) is 0 Å². The van der Waals surface area contributed by atoms with Crippen LogP contribution in [0, 0.1) is 11.3 Å². The number of aliphatic hydroxyl groups is 2. The first-order chi connectivity index (χ1) is 17.6. The number of carbonyl (C=O) groups is 1. The highest BCUT2D eigenvalue weighted by Gasteiger charge is 2.75. The molecule has 3 heterocycles. The minimum Gasteiger partial charge on any atom is -0.386 e. The second-order valence-electron chi connectivity index (χ2n) is 14.0. The van der Waals surface area contributed by atoms with E-state index in [1.54, 1.807) is 19.9 Å². The van der Waals surface area contributed by atoms with Gasteiger partial charge in [0.05, 0.1) is 11.2 Å². The molecular weight excluding hydrogens is 478 g/mol. The number of H-pyrrole nitrogens is 1. The van der Waals surface area contributed by atoms with Crippen LogP contribution in [-0.2, 0) is 26.1 Å². The normalized spacial score (nSPS) is 41.2. The van der Waals surface area contributed by atoms with Gasteiger partial charge in [-0.3, -0.25) is 4.79 Å². The molecule has 1 unspecified atom stereocenters. The van der Waals surface area contributed by atoms with Gasteiger partial charge in [0.1, 0.15) is 5.60 Å². The molecule has 0 radical (unpaired) electrons. The summed E-state index contributed by atoms with van der Waals surface area (Å²) in [7, 11) is 0. The van der Waals surface area contributed by atoms with Crippen molar-refractivity contribution in [1.29, 1.82) is 0 Å². The van der Waals surface area contributed by atoms with Crippen LogP contribution in [0.2, 0.25) is 0 Å². The van der Waals surface area contributed by atoms with Crippen LogP contribution in [0.5, 0.6) is 0 Å². The average molecular weight is 518 g/mol. The van der Waals surface area contributed by atoms with Crippen LogP contribution in [0.15, 0.2) is 35.9 Å². The van der Waals surface area contributed by atoms with Gasteiger partial charge in [0.2, 0.25) is 0 Å². The maximum Gasteiger partial charge on any atom is 0.195 e. The van der Waals surface area contributed by atoms with Crippen molar-refractivity contribution in [3.8, 4) is 0 Å². The maximum absolute atomic E-state index is 13.2. The predicted molar refractivity (Wildman–Crippen MR) is 146 cm³/mol. The first-order valence-corrected chi connectivity index (χ1v) is 14.1.